The first kappa shape index (κ1) is 15.6. The average Bonchev–Trinajstić information content (AvgIpc) is 3.21. The minimum absolute atomic E-state index is 0.126. The summed E-state index contributed by atoms with van der Waals surface area (Å²) in [5.74, 6) is -0.126. The molecule has 1 atom stereocenters. The predicted octanol–water partition coefficient (Wildman–Crippen LogP) is 2.30. The van der Waals surface area contributed by atoms with Crippen molar-refractivity contribution in [2.45, 2.75) is 23.9 Å². The molecule has 3 rings (SSSR count). The van der Waals surface area contributed by atoms with E-state index in [-0.39, 0.29) is 11.2 Å². The Labute approximate surface area is 141 Å². The summed E-state index contributed by atoms with van der Waals surface area (Å²) in [7, 11) is 0. The highest BCUT2D eigenvalue weighted by atomic mass is 32.2. The van der Waals surface area contributed by atoms with Crippen LogP contribution in [-0.4, -0.2) is 36.3 Å². The number of hydrogen-bond donors (Lipinski definition) is 1. The van der Waals surface area contributed by atoms with Crippen molar-refractivity contribution in [3.05, 3.63) is 47.5 Å². The van der Waals surface area contributed by atoms with Gasteiger partial charge in [0, 0.05) is 11.6 Å². The van der Waals surface area contributed by atoms with E-state index >= 15 is 0 Å². The molecule has 118 valence electrons. The lowest BCUT2D eigenvalue weighted by Gasteiger charge is -2.10. The Morgan fingerprint density at radius 1 is 1.39 bits per heavy atom. The van der Waals surface area contributed by atoms with Crippen LogP contribution in [0.1, 0.15) is 12.5 Å². The summed E-state index contributed by atoms with van der Waals surface area (Å²) in [4.78, 5) is 16.2. The largest absolute Gasteiger partial charge is 0.301 e. The number of tetrazole rings is 1. The number of rotatable bonds is 6. The van der Waals surface area contributed by atoms with E-state index in [0.29, 0.717) is 16.8 Å². The van der Waals surface area contributed by atoms with Crippen LogP contribution < -0.4 is 5.32 Å². The molecule has 9 heteroatoms. The number of carbonyl (C=O) groups excluding carboxylic acids is 1. The predicted molar refractivity (Wildman–Crippen MR) is 89.4 cm³/mol. The summed E-state index contributed by atoms with van der Waals surface area (Å²) in [6.45, 7) is 2.38. The zero-order valence-electron chi connectivity index (χ0n) is 12.3. The Kier molecular flexibility index (Phi) is 4.99. The molecule has 7 nitrogen and oxygen atoms in total. The minimum Gasteiger partial charge on any atom is -0.301 e. The Balaban J connectivity index is 1.64. The first-order valence-corrected chi connectivity index (χ1v) is 8.65. The second kappa shape index (κ2) is 7.34. The standard InChI is InChI=1S/C14H14N6OS2/c1-10(12(21)16-13-15-7-8-22-13)23-14-17-18-19-20(14)9-11-5-3-2-4-6-11/h2-8,10H,9H2,1H3,(H,15,16,21). The summed E-state index contributed by atoms with van der Waals surface area (Å²) >= 11 is 2.70. The van der Waals surface area contributed by atoms with Crippen LogP contribution in [0.2, 0.25) is 0 Å². The quantitative estimate of drug-likeness (QED) is 0.689. The number of carbonyl (C=O) groups is 1. The van der Waals surface area contributed by atoms with Crippen molar-refractivity contribution in [3.63, 3.8) is 0 Å². The summed E-state index contributed by atoms with van der Waals surface area (Å²) in [6, 6.07) is 9.92. The van der Waals surface area contributed by atoms with Crippen molar-refractivity contribution in [1.82, 2.24) is 25.2 Å². The van der Waals surface area contributed by atoms with Gasteiger partial charge in [-0.05, 0) is 22.9 Å². The van der Waals surface area contributed by atoms with Gasteiger partial charge in [0.2, 0.25) is 11.1 Å². The first-order valence-electron chi connectivity index (χ1n) is 6.89. The molecule has 0 bridgehead atoms. The normalized spacial score (nSPS) is 12.0. The van der Waals surface area contributed by atoms with Crippen LogP contribution in [-0.2, 0) is 11.3 Å². The van der Waals surface area contributed by atoms with E-state index in [1.54, 1.807) is 10.9 Å². The third-order valence-corrected chi connectivity index (χ3v) is 4.75. The van der Waals surface area contributed by atoms with Gasteiger partial charge in [-0.1, -0.05) is 42.1 Å². The number of thioether (sulfide) groups is 1. The second-order valence-corrected chi connectivity index (χ2v) is 6.89. The molecule has 0 spiro atoms. The Bertz CT molecular complexity index is 759. The fraction of sp³-hybridized carbons (Fsp3) is 0.214. The van der Waals surface area contributed by atoms with Crippen LogP contribution in [0.25, 0.3) is 0 Å². The molecule has 1 N–H and O–H groups in total. The molecule has 0 fully saturated rings. The maximum Gasteiger partial charge on any atom is 0.239 e. The SMILES string of the molecule is CC(Sc1nnnn1Cc1ccccc1)C(=O)Nc1nccs1. The Hall–Kier alpha value is -2.26. The third kappa shape index (κ3) is 4.14. The van der Waals surface area contributed by atoms with Crippen molar-refractivity contribution >= 4 is 34.1 Å². The number of nitrogens with one attached hydrogen (secondary N) is 1. The van der Waals surface area contributed by atoms with Gasteiger partial charge in [0.25, 0.3) is 0 Å². The highest BCUT2D eigenvalue weighted by Gasteiger charge is 2.19. The van der Waals surface area contributed by atoms with Gasteiger partial charge in [-0.15, -0.1) is 16.4 Å². The minimum atomic E-state index is -0.334. The Morgan fingerprint density at radius 2 is 2.22 bits per heavy atom. The van der Waals surface area contributed by atoms with E-state index in [2.05, 4.69) is 25.8 Å². The number of nitrogens with zero attached hydrogens (tertiary/aromatic N) is 5. The fourth-order valence-electron chi connectivity index (χ4n) is 1.84. The molecule has 1 aromatic carbocycles. The molecule has 1 amide bonds. The zero-order valence-corrected chi connectivity index (χ0v) is 13.9. The van der Waals surface area contributed by atoms with E-state index in [9.17, 15) is 4.79 Å². The van der Waals surface area contributed by atoms with Gasteiger partial charge in [-0.2, -0.15) is 0 Å². The summed E-state index contributed by atoms with van der Waals surface area (Å²) < 4.78 is 1.69. The molecule has 1 unspecified atom stereocenters. The second-order valence-electron chi connectivity index (χ2n) is 4.69. The van der Waals surface area contributed by atoms with Crippen LogP contribution in [0.3, 0.4) is 0 Å². The topological polar surface area (TPSA) is 85.6 Å². The molecule has 0 saturated heterocycles. The first-order chi connectivity index (χ1) is 11.2. The number of thiazole rings is 1. The van der Waals surface area contributed by atoms with Crippen molar-refractivity contribution in [1.29, 1.82) is 0 Å². The van der Waals surface area contributed by atoms with Gasteiger partial charge in [0.15, 0.2) is 5.13 Å². The van der Waals surface area contributed by atoms with Crippen LogP contribution in [0, 0.1) is 0 Å². The number of hydrogen-bond acceptors (Lipinski definition) is 7. The maximum absolute atomic E-state index is 12.2. The van der Waals surface area contributed by atoms with Gasteiger partial charge in [-0.3, -0.25) is 4.79 Å². The molecule has 0 aliphatic rings. The molecule has 3 aromatic rings. The van der Waals surface area contributed by atoms with Gasteiger partial charge in [-0.25, -0.2) is 9.67 Å². The van der Waals surface area contributed by atoms with E-state index < -0.39 is 0 Å². The monoisotopic (exact) mass is 346 g/mol. The molecule has 0 saturated carbocycles. The van der Waals surface area contributed by atoms with Gasteiger partial charge >= 0.3 is 0 Å². The van der Waals surface area contributed by atoms with Crippen LogP contribution in [0.5, 0.6) is 0 Å². The average molecular weight is 346 g/mol. The van der Waals surface area contributed by atoms with E-state index in [1.165, 1.54) is 23.1 Å². The maximum atomic E-state index is 12.2. The highest BCUT2D eigenvalue weighted by Crippen LogP contribution is 2.22. The molecule has 23 heavy (non-hydrogen) atoms. The lowest BCUT2D eigenvalue weighted by Crippen LogP contribution is -2.23. The molecule has 2 aromatic heterocycles. The zero-order chi connectivity index (χ0) is 16.1. The number of benzene rings is 1. The van der Waals surface area contributed by atoms with E-state index in [1.807, 2.05) is 42.6 Å². The molecule has 0 aliphatic heterocycles. The smallest absolute Gasteiger partial charge is 0.239 e. The van der Waals surface area contributed by atoms with Crippen LogP contribution in [0.4, 0.5) is 5.13 Å². The number of anilines is 1. The molecule has 0 aliphatic carbocycles. The fourth-order valence-corrected chi connectivity index (χ4v) is 3.16. The van der Waals surface area contributed by atoms with E-state index in [0.717, 1.165) is 5.56 Å². The van der Waals surface area contributed by atoms with Crippen LogP contribution in [0.15, 0.2) is 47.1 Å². The third-order valence-electron chi connectivity index (χ3n) is 2.99. The summed E-state index contributed by atoms with van der Waals surface area (Å²) in [6.07, 6.45) is 1.65. The summed E-state index contributed by atoms with van der Waals surface area (Å²) in [5, 5.41) is 17.2. The van der Waals surface area contributed by atoms with Crippen molar-refractivity contribution in [2.75, 3.05) is 5.32 Å². The van der Waals surface area contributed by atoms with Gasteiger partial charge in [0.05, 0.1) is 11.8 Å². The van der Waals surface area contributed by atoms with E-state index in [4.69, 9.17) is 0 Å². The lowest BCUT2D eigenvalue weighted by molar-refractivity contribution is -0.115. The molecule has 2 heterocycles. The number of amides is 1. The van der Waals surface area contributed by atoms with Crippen molar-refractivity contribution < 1.29 is 4.79 Å². The summed E-state index contributed by atoms with van der Waals surface area (Å²) in [5.41, 5.74) is 1.10. The molecule has 0 radical (unpaired) electrons. The van der Waals surface area contributed by atoms with Gasteiger partial charge in [0.1, 0.15) is 0 Å². The number of aromatic nitrogens is 5. The van der Waals surface area contributed by atoms with Crippen molar-refractivity contribution in [2.24, 2.45) is 0 Å². The molecular weight excluding hydrogens is 332 g/mol. The van der Waals surface area contributed by atoms with Crippen molar-refractivity contribution in [3.8, 4) is 0 Å². The Morgan fingerprint density at radius 3 is 2.96 bits per heavy atom. The van der Waals surface area contributed by atoms with Gasteiger partial charge < -0.3 is 5.32 Å². The molecular formula is C14H14N6OS2. The van der Waals surface area contributed by atoms with Crippen LogP contribution >= 0.6 is 23.1 Å². The highest BCUT2D eigenvalue weighted by molar-refractivity contribution is 8.00. The lowest BCUT2D eigenvalue weighted by atomic mass is 10.2.